The van der Waals surface area contributed by atoms with Gasteiger partial charge in [-0.3, -0.25) is 4.79 Å². The van der Waals surface area contributed by atoms with Crippen LogP contribution in [0.25, 0.3) is 11.4 Å². The molecule has 0 saturated heterocycles. The number of carboxylic acid groups (broad SMARTS) is 1. The van der Waals surface area contributed by atoms with E-state index < -0.39 is 17.8 Å². The highest BCUT2D eigenvalue weighted by atomic mass is 35.5. The molecule has 3 N–H and O–H groups in total. The third-order valence-electron chi connectivity index (χ3n) is 3.97. The number of aliphatic carboxylic acids is 1. The van der Waals surface area contributed by atoms with E-state index in [-0.39, 0.29) is 36.8 Å². The Balaban J connectivity index is 0.00000300. The average Bonchev–Trinajstić information content (AvgIpc) is 3.10. The molecule has 3 rings (SSSR count). The zero-order valence-corrected chi connectivity index (χ0v) is 16.3. The van der Waals surface area contributed by atoms with Crippen molar-refractivity contribution in [1.82, 2.24) is 20.2 Å². The molecule has 3 aromatic rings. The highest BCUT2D eigenvalue weighted by molar-refractivity contribution is 5.85. The van der Waals surface area contributed by atoms with Crippen LogP contribution in [-0.2, 0) is 17.8 Å². The lowest BCUT2D eigenvalue weighted by atomic mass is 10.1. The Morgan fingerprint density at radius 3 is 2.69 bits per heavy atom. The van der Waals surface area contributed by atoms with Gasteiger partial charge in [-0.05, 0) is 22.9 Å². The molecule has 154 valence electrons. The maximum atomic E-state index is 14.4. The number of halogens is 2. The molecule has 0 aliphatic rings. The molecule has 0 amide bonds. The van der Waals surface area contributed by atoms with E-state index >= 15 is 0 Å². The van der Waals surface area contributed by atoms with Crippen LogP contribution in [0.1, 0.15) is 12.0 Å². The summed E-state index contributed by atoms with van der Waals surface area (Å²) in [6.07, 6.45) is 0.497. The lowest BCUT2D eigenvalue weighted by molar-refractivity contribution is -0.137. The Morgan fingerprint density at radius 2 is 2.00 bits per heavy atom. The Morgan fingerprint density at radius 1 is 1.24 bits per heavy atom. The number of carbonyl (C=O) groups is 1. The Hall–Kier alpha value is -3.04. The quantitative estimate of drug-likeness (QED) is 0.544. The van der Waals surface area contributed by atoms with Gasteiger partial charge >= 0.3 is 5.97 Å². The highest BCUT2D eigenvalue weighted by Gasteiger charge is 2.15. The van der Waals surface area contributed by atoms with Crippen LogP contribution in [0.15, 0.2) is 48.5 Å². The van der Waals surface area contributed by atoms with Gasteiger partial charge in [-0.25, -0.2) is 4.39 Å². The van der Waals surface area contributed by atoms with Crippen molar-refractivity contribution in [3.8, 4) is 17.1 Å². The third kappa shape index (κ3) is 6.51. The Kier molecular flexibility index (Phi) is 8.05. The van der Waals surface area contributed by atoms with E-state index in [0.29, 0.717) is 12.4 Å². The van der Waals surface area contributed by atoms with E-state index in [9.17, 15) is 9.18 Å². The number of aromatic nitrogens is 4. The van der Waals surface area contributed by atoms with Gasteiger partial charge in [0.2, 0.25) is 5.82 Å². The first-order valence-electron chi connectivity index (χ1n) is 8.73. The lowest BCUT2D eigenvalue weighted by Gasteiger charge is -2.08. The molecule has 0 fully saturated rings. The molecule has 1 heterocycles. The second-order valence-electron chi connectivity index (χ2n) is 6.25. The van der Waals surface area contributed by atoms with E-state index in [2.05, 4.69) is 15.4 Å². The van der Waals surface area contributed by atoms with E-state index in [0.717, 1.165) is 16.8 Å². The predicted molar refractivity (Wildman–Crippen MR) is 106 cm³/mol. The van der Waals surface area contributed by atoms with Crippen molar-refractivity contribution < 1.29 is 19.0 Å². The molecule has 0 spiro atoms. The largest absolute Gasteiger partial charge is 0.493 e. The SMILES string of the molecule is Cl.NC(CC(=O)O)Cn1nnc(-c2ccc(OCCc3ccccc3)cc2F)n1. The molecule has 10 heteroatoms. The van der Waals surface area contributed by atoms with E-state index in [1.165, 1.54) is 12.1 Å². The van der Waals surface area contributed by atoms with Crippen LogP contribution in [0.5, 0.6) is 5.75 Å². The minimum absolute atomic E-state index is 0. The number of carboxylic acids is 1. The van der Waals surface area contributed by atoms with Crippen molar-refractivity contribution in [2.24, 2.45) is 5.73 Å². The standard InChI is InChI=1S/C19H20FN5O3.ClH/c20-17-11-15(28-9-8-13-4-2-1-3-5-13)6-7-16(17)19-22-24-25(23-19)12-14(21)10-18(26)27;/h1-7,11,14H,8-10,12,21H2,(H,26,27);1H. The summed E-state index contributed by atoms with van der Waals surface area (Å²) in [5.41, 5.74) is 7.01. The van der Waals surface area contributed by atoms with Crippen LogP contribution in [0.3, 0.4) is 0 Å². The van der Waals surface area contributed by atoms with Crippen LogP contribution in [0.2, 0.25) is 0 Å². The number of ether oxygens (including phenoxy) is 1. The molecular weight excluding hydrogens is 401 g/mol. The van der Waals surface area contributed by atoms with Crippen molar-refractivity contribution in [2.75, 3.05) is 6.61 Å². The van der Waals surface area contributed by atoms with Gasteiger partial charge in [-0.15, -0.1) is 22.6 Å². The van der Waals surface area contributed by atoms with Crippen molar-refractivity contribution in [3.05, 3.63) is 59.9 Å². The smallest absolute Gasteiger partial charge is 0.304 e. The normalized spacial score (nSPS) is 11.5. The van der Waals surface area contributed by atoms with E-state index in [1.807, 2.05) is 30.3 Å². The van der Waals surface area contributed by atoms with Gasteiger partial charge in [0.05, 0.1) is 25.1 Å². The maximum Gasteiger partial charge on any atom is 0.304 e. The third-order valence-corrected chi connectivity index (χ3v) is 3.97. The molecule has 1 unspecified atom stereocenters. The monoisotopic (exact) mass is 421 g/mol. The molecule has 8 nitrogen and oxygen atoms in total. The molecule has 2 aromatic carbocycles. The number of nitrogens with zero attached hydrogens (tertiary/aromatic N) is 4. The predicted octanol–water partition coefficient (Wildman–Crippen LogP) is 2.32. The van der Waals surface area contributed by atoms with Gasteiger partial charge in [-0.1, -0.05) is 30.3 Å². The second-order valence-corrected chi connectivity index (χ2v) is 6.25. The van der Waals surface area contributed by atoms with Gasteiger partial charge in [-0.2, -0.15) is 4.80 Å². The van der Waals surface area contributed by atoms with Crippen molar-refractivity contribution >= 4 is 18.4 Å². The summed E-state index contributed by atoms with van der Waals surface area (Å²) >= 11 is 0. The fourth-order valence-electron chi connectivity index (χ4n) is 2.63. The first-order chi connectivity index (χ1) is 13.5. The van der Waals surface area contributed by atoms with Crippen molar-refractivity contribution in [1.29, 1.82) is 0 Å². The minimum Gasteiger partial charge on any atom is -0.493 e. The first kappa shape index (κ1) is 22.3. The van der Waals surface area contributed by atoms with Crippen LogP contribution >= 0.6 is 12.4 Å². The number of benzene rings is 2. The summed E-state index contributed by atoms with van der Waals surface area (Å²) in [6.45, 7) is 0.500. The van der Waals surface area contributed by atoms with Gasteiger partial charge in [0.25, 0.3) is 0 Å². The summed E-state index contributed by atoms with van der Waals surface area (Å²) in [7, 11) is 0. The highest BCUT2D eigenvalue weighted by Crippen LogP contribution is 2.23. The van der Waals surface area contributed by atoms with Gasteiger partial charge < -0.3 is 15.6 Å². The molecule has 0 bridgehead atoms. The molecule has 0 saturated carbocycles. The van der Waals surface area contributed by atoms with Crippen molar-refractivity contribution in [2.45, 2.75) is 25.4 Å². The molecule has 1 aromatic heterocycles. The molecule has 0 radical (unpaired) electrons. The fraction of sp³-hybridized carbons (Fsp3) is 0.263. The zero-order valence-electron chi connectivity index (χ0n) is 15.4. The van der Waals surface area contributed by atoms with Crippen molar-refractivity contribution in [3.63, 3.8) is 0 Å². The molecule has 29 heavy (non-hydrogen) atoms. The van der Waals surface area contributed by atoms with Crippen LogP contribution in [0.4, 0.5) is 4.39 Å². The summed E-state index contributed by atoms with van der Waals surface area (Å²) in [4.78, 5) is 11.8. The van der Waals surface area contributed by atoms with Gasteiger partial charge in [0, 0.05) is 18.5 Å². The van der Waals surface area contributed by atoms with Gasteiger partial charge in [0.15, 0.2) is 0 Å². The second kappa shape index (κ2) is 10.5. The lowest BCUT2D eigenvalue weighted by Crippen LogP contribution is -2.30. The van der Waals surface area contributed by atoms with Crippen LogP contribution in [0, 0.1) is 5.82 Å². The number of tetrazole rings is 1. The number of hydrogen-bond donors (Lipinski definition) is 2. The Labute approximate surface area is 172 Å². The van der Waals surface area contributed by atoms with Crippen LogP contribution < -0.4 is 10.5 Å². The summed E-state index contributed by atoms with van der Waals surface area (Å²) < 4.78 is 20.0. The van der Waals surface area contributed by atoms with Gasteiger partial charge in [0.1, 0.15) is 11.6 Å². The topological polar surface area (TPSA) is 116 Å². The fourth-order valence-corrected chi connectivity index (χ4v) is 2.63. The minimum atomic E-state index is -1.01. The zero-order chi connectivity index (χ0) is 19.9. The number of nitrogens with two attached hydrogens (primary N) is 1. The average molecular weight is 422 g/mol. The van der Waals surface area contributed by atoms with Crippen LogP contribution in [-0.4, -0.2) is 43.9 Å². The molecule has 0 aliphatic carbocycles. The number of hydrogen-bond acceptors (Lipinski definition) is 6. The number of rotatable bonds is 9. The molecular formula is C19H21ClFN5O3. The van der Waals surface area contributed by atoms with E-state index in [1.54, 1.807) is 6.07 Å². The summed E-state index contributed by atoms with van der Waals surface area (Å²) in [5.74, 6) is -1.04. The molecule has 1 atom stereocenters. The summed E-state index contributed by atoms with van der Waals surface area (Å²) in [5, 5.41) is 20.4. The first-order valence-corrected chi connectivity index (χ1v) is 8.73. The molecule has 0 aliphatic heterocycles. The maximum absolute atomic E-state index is 14.4. The van der Waals surface area contributed by atoms with E-state index in [4.69, 9.17) is 15.6 Å². The summed E-state index contributed by atoms with van der Waals surface area (Å²) in [6, 6.07) is 13.6. The Bertz CT molecular complexity index is 939.